The van der Waals surface area contributed by atoms with Crippen molar-refractivity contribution in [2.45, 2.75) is 56.5 Å². The summed E-state index contributed by atoms with van der Waals surface area (Å²) in [4.78, 5) is 38.8. The van der Waals surface area contributed by atoms with Gasteiger partial charge in [0.25, 0.3) is 5.56 Å². The lowest BCUT2D eigenvalue weighted by molar-refractivity contribution is -0.149. The van der Waals surface area contributed by atoms with Gasteiger partial charge in [-0.2, -0.15) is 11.8 Å². The lowest BCUT2D eigenvalue weighted by Crippen LogP contribution is -2.48. The quantitative estimate of drug-likeness (QED) is 0.145. The molecule has 2 heterocycles. The van der Waals surface area contributed by atoms with Crippen molar-refractivity contribution in [3.8, 4) is 18.1 Å². The standard InChI is InChI=1S/C25H32N3O9PS2/c1-5-25(33)21(30)19(36-23(25)28-13-11-20(29)26-24(28)32)15-34-38(39,37-17-9-7-6-8-10-17)27-18(12-14-40-4)22(31)35-16(2)3/h1,6-11,13,16,18-19,21,23,30,33H,12,14-15H2,2-4H3,(H,27,39)(H,26,29,32). The maximum Gasteiger partial charge on any atom is 0.330 e. The number of rotatable bonds is 13. The van der Waals surface area contributed by atoms with E-state index in [9.17, 15) is 24.6 Å². The minimum Gasteiger partial charge on any atom is -0.462 e. The highest BCUT2D eigenvalue weighted by Gasteiger charge is 2.56. The van der Waals surface area contributed by atoms with E-state index in [-0.39, 0.29) is 6.10 Å². The van der Waals surface area contributed by atoms with Crippen LogP contribution in [0.2, 0.25) is 0 Å². The molecule has 3 rings (SSSR count). The number of hydrogen-bond acceptors (Lipinski definition) is 11. The van der Waals surface area contributed by atoms with Crippen LogP contribution in [0.1, 0.15) is 26.5 Å². The van der Waals surface area contributed by atoms with Gasteiger partial charge in [0.2, 0.25) is 0 Å². The first kappa shape index (κ1) is 32.0. The summed E-state index contributed by atoms with van der Waals surface area (Å²) in [5.41, 5.74) is -3.92. The van der Waals surface area contributed by atoms with E-state index in [0.29, 0.717) is 17.9 Å². The van der Waals surface area contributed by atoms with Crippen LogP contribution in [-0.4, -0.2) is 74.3 Å². The Morgan fingerprint density at radius 2 is 2.05 bits per heavy atom. The zero-order valence-corrected chi connectivity index (χ0v) is 24.6. The topological polar surface area (TPSA) is 161 Å². The number of para-hydroxylation sites is 1. The second-order valence-corrected chi connectivity index (χ2v) is 13.2. The van der Waals surface area contributed by atoms with Gasteiger partial charge in [-0.15, -0.1) is 6.42 Å². The molecule has 15 heteroatoms. The van der Waals surface area contributed by atoms with Gasteiger partial charge in [0, 0.05) is 12.3 Å². The zero-order chi connectivity index (χ0) is 29.5. The van der Waals surface area contributed by atoms with E-state index >= 15 is 0 Å². The highest BCUT2D eigenvalue weighted by Crippen LogP contribution is 2.47. The summed E-state index contributed by atoms with van der Waals surface area (Å²) in [6.45, 7) is -0.522. The fourth-order valence-corrected chi connectivity index (χ4v) is 6.64. The summed E-state index contributed by atoms with van der Waals surface area (Å²) in [5, 5.41) is 25.0. The number of carbonyl (C=O) groups excluding carboxylic acids is 1. The third-order valence-corrected chi connectivity index (χ3v) is 8.82. The van der Waals surface area contributed by atoms with Crippen LogP contribution in [0.4, 0.5) is 0 Å². The first-order valence-electron chi connectivity index (χ1n) is 12.2. The van der Waals surface area contributed by atoms with Gasteiger partial charge in [-0.3, -0.25) is 19.1 Å². The Bertz CT molecular complexity index is 1360. The average molecular weight is 614 g/mol. The molecule has 12 nitrogen and oxygen atoms in total. The van der Waals surface area contributed by atoms with E-state index in [2.05, 4.69) is 11.0 Å². The van der Waals surface area contributed by atoms with Crippen LogP contribution < -0.4 is 20.9 Å². The van der Waals surface area contributed by atoms with E-state index < -0.39 is 60.5 Å². The van der Waals surface area contributed by atoms with Crippen LogP contribution in [0.3, 0.4) is 0 Å². The number of aliphatic hydroxyl groups is 2. The number of esters is 1. The van der Waals surface area contributed by atoms with Crippen molar-refractivity contribution in [1.29, 1.82) is 0 Å². The molecule has 0 amide bonds. The largest absolute Gasteiger partial charge is 0.462 e. The molecule has 1 saturated heterocycles. The van der Waals surface area contributed by atoms with Crippen LogP contribution in [0, 0.1) is 12.3 Å². The van der Waals surface area contributed by atoms with Crippen molar-refractivity contribution < 1.29 is 33.5 Å². The Morgan fingerprint density at radius 3 is 2.65 bits per heavy atom. The van der Waals surface area contributed by atoms with E-state index in [1.807, 2.05) is 11.2 Å². The molecule has 0 saturated carbocycles. The van der Waals surface area contributed by atoms with E-state index in [4.69, 9.17) is 36.8 Å². The molecular weight excluding hydrogens is 581 g/mol. The van der Waals surface area contributed by atoms with E-state index in [0.717, 1.165) is 16.8 Å². The summed E-state index contributed by atoms with van der Waals surface area (Å²) in [7, 11) is 0. The second-order valence-electron chi connectivity index (χ2n) is 9.11. The normalized spacial score (nSPS) is 24.7. The number of nitrogens with zero attached hydrogens (tertiary/aromatic N) is 1. The lowest BCUT2D eigenvalue weighted by Gasteiger charge is -2.29. The highest BCUT2D eigenvalue weighted by molar-refractivity contribution is 8.09. The number of hydrogen-bond donors (Lipinski definition) is 4. The molecule has 0 bridgehead atoms. The third kappa shape index (κ3) is 7.84. The summed E-state index contributed by atoms with van der Waals surface area (Å²) < 4.78 is 24.0. The molecule has 1 aliphatic rings. The number of nitrogens with one attached hydrogen (secondary N) is 2. The zero-order valence-electron chi connectivity index (χ0n) is 22.1. The molecule has 218 valence electrons. The Morgan fingerprint density at radius 1 is 1.35 bits per heavy atom. The number of carbonyl (C=O) groups is 1. The van der Waals surface area contributed by atoms with Crippen molar-refractivity contribution in [3.63, 3.8) is 0 Å². The Hall–Kier alpha value is -2.47. The van der Waals surface area contributed by atoms with Crippen LogP contribution in [-0.2, 0) is 30.6 Å². The summed E-state index contributed by atoms with van der Waals surface area (Å²) >= 11 is 7.30. The van der Waals surface area contributed by atoms with Gasteiger partial charge in [0.1, 0.15) is 24.0 Å². The Balaban J connectivity index is 1.88. The molecule has 1 fully saturated rings. The molecule has 6 unspecified atom stereocenters. The Labute approximate surface area is 240 Å². The highest BCUT2D eigenvalue weighted by atomic mass is 32.5. The van der Waals surface area contributed by atoms with Crippen molar-refractivity contribution >= 4 is 36.2 Å². The van der Waals surface area contributed by atoms with Gasteiger partial charge < -0.3 is 28.7 Å². The van der Waals surface area contributed by atoms with E-state index in [1.165, 1.54) is 11.8 Å². The van der Waals surface area contributed by atoms with Gasteiger partial charge in [-0.05, 0) is 56.2 Å². The molecule has 0 aliphatic carbocycles. The smallest absolute Gasteiger partial charge is 0.330 e. The lowest BCUT2D eigenvalue weighted by atomic mass is 9.95. The van der Waals surface area contributed by atoms with Crippen LogP contribution in [0.5, 0.6) is 5.75 Å². The third-order valence-electron chi connectivity index (χ3n) is 5.76. The average Bonchev–Trinajstić information content (AvgIpc) is 3.15. The maximum atomic E-state index is 12.9. The van der Waals surface area contributed by atoms with Gasteiger partial charge in [0.15, 0.2) is 11.8 Å². The van der Waals surface area contributed by atoms with Gasteiger partial charge in [-0.25, -0.2) is 9.88 Å². The predicted octanol–water partition coefficient (Wildman–Crippen LogP) is 1.14. The molecule has 4 N–H and O–H groups in total. The van der Waals surface area contributed by atoms with Crippen molar-refractivity contribution in [1.82, 2.24) is 14.6 Å². The predicted molar refractivity (Wildman–Crippen MR) is 153 cm³/mol. The van der Waals surface area contributed by atoms with E-state index in [1.54, 1.807) is 44.2 Å². The minimum atomic E-state index is -3.54. The molecule has 6 atom stereocenters. The number of aromatic amines is 1. The van der Waals surface area contributed by atoms with Crippen molar-refractivity contribution in [3.05, 3.63) is 63.4 Å². The summed E-state index contributed by atoms with van der Waals surface area (Å²) in [6, 6.07) is 8.74. The first-order chi connectivity index (χ1) is 18.9. The van der Waals surface area contributed by atoms with Crippen molar-refractivity contribution in [2.24, 2.45) is 0 Å². The van der Waals surface area contributed by atoms with Gasteiger partial charge in [-0.1, -0.05) is 24.1 Å². The van der Waals surface area contributed by atoms with Gasteiger partial charge in [0.05, 0.1) is 12.7 Å². The number of terminal acetylenes is 1. The van der Waals surface area contributed by atoms with Crippen LogP contribution in [0.25, 0.3) is 0 Å². The molecule has 1 aliphatic heterocycles. The molecule has 1 aromatic heterocycles. The Kier molecular flexibility index (Phi) is 11.2. The fraction of sp³-hybridized carbons (Fsp3) is 0.480. The summed E-state index contributed by atoms with van der Waals surface area (Å²) in [5.74, 6) is 2.53. The molecule has 0 spiro atoms. The molecule has 2 aromatic rings. The summed E-state index contributed by atoms with van der Waals surface area (Å²) in [6.07, 6.45) is 3.96. The van der Waals surface area contributed by atoms with Crippen LogP contribution >= 0.6 is 18.4 Å². The SMILES string of the molecule is C#CC1(O)C(O)C(COP(=S)(NC(CCSC)C(=O)OC(C)C)Oc2ccccc2)OC1n1ccc(=O)[nH]c1=O. The van der Waals surface area contributed by atoms with Gasteiger partial charge >= 0.3 is 18.3 Å². The number of ether oxygens (including phenoxy) is 2. The second kappa shape index (κ2) is 13.9. The number of thioether (sulfide) groups is 1. The van der Waals surface area contributed by atoms with Crippen molar-refractivity contribution in [2.75, 3.05) is 18.6 Å². The molecule has 1 aromatic carbocycles. The number of H-pyrrole nitrogens is 1. The monoisotopic (exact) mass is 613 g/mol. The molecule has 40 heavy (non-hydrogen) atoms. The maximum absolute atomic E-state index is 12.9. The fourth-order valence-electron chi connectivity index (χ4n) is 3.81. The van der Waals surface area contributed by atoms with Crippen LogP contribution in [0.15, 0.2) is 52.2 Å². The molecular formula is C25H32N3O9PS2. The first-order valence-corrected chi connectivity index (χ1v) is 16.3. The number of aromatic nitrogens is 2. The minimum absolute atomic E-state index is 0.364. The number of benzene rings is 1. The number of aliphatic hydroxyl groups excluding tert-OH is 1. The molecule has 0 radical (unpaired) electrons.